The SMILES string of the molecule is CC(=O)Nc1ncc(CN2CCN(c3cc(C(C)C)ccc3NC(C)=O)CC2)s1. The van der Waals surface area contributed by atoms with Crippen LogP contribution in [-0.2, 0) is 16.1 Å². The molecule has 2 heterocycles. The maximum atomic E-state index is 11.6. The molecule has 0 saturated carbocycles. The summed E-state index contributed by atoms with van der Waals surface area (Å²) in [5.41, 5.74) is 3.24. The molecule has 8 heteroatoms. The number of carbonyl (C=O) groups excluding carboxylic acids is 2. The van der Waals surface area contributed by atoms with Crippen LogP contribution in [0.25, 0.3) is 0 Å². The molecule has 1 aliphatic heterocycles. The van der Waals surface area contributed by atoms with Crippen LogP contribution in [0.4, 0.5) is 16.5 Å². The average Bonchev–Trinajstić information content (AvgIpc) is 3.08. The van der Waals surface area contributed by atoms with E-state index < -0.39 is 0 Å². The fraction of sp³-hybridized carbons (Fsp3) is 0.476. The molecule has 2 N–H and O–H groups in total. The number of piperazine rings is 1. The van der Waals surface area contributed by atoms with E-state index >= 15 is 0 Å². The predicted octanol–water partition coefficient (Wildman–Crippen LogP) is 3.51. The number of hydrogen-bond acceptors (Lipinski definition) is 6. The van der Waals surface area contributed by atoms with Crippen molar-refractivity contribution in [3.63, 3.8) is 0 Å². The molecule has 0 unspecified atom stereocenters. The normalized spacial score (nSPS) is 14.9. The smallest absolute Gasteiger partial charge is 0.223 e. The molecular formula is C21H29N5O2S. The Kier molecular flexibility index (Phi) is 6.87. The van der Waals surface area contributed by atoms with Gasteiger partial charge in [-0.25, -0.2) is 4.98 Å². The fourth-order valence-corrected chi connectivity index (χ4v) is 4.32. The molecule has 1 fully saturated rings. The number of carbonyl (C=O) groups is 2. The molecule has 0 bridgehead atoms. The lowest BCUT2D eigenvalue weighted by Gasteiger charge is -2.37. The predicted molar refractivity (Wildman–Crippen MR) is 119 cm³/mol. The Bertz CT molecular complexity index is 872. The van der Waals surface area contributed by atoms with Gasteiger partial charge in [-0.3, -0.25) is 14.5 Å². The second kappa shape index (κ2) is 9.37. The van der Waals surface area contributed by atoms with Crippen molar-refractivity contribution in [2.24, 2.45) is 0 Å². The van der Waals surface area contributed by atoms with E-state index in [9.17, 15) is 9.59 Å². The van der Waals surface area contributed by atoms with Crippen molar-refractivity contribution in [3.8, 4) is 0 Å². The number of nitrogens with one attached hydrogen (secondary N) is 2. The second-order valence-corrected chi connectivity index (χ2v) is 8.80. The van der Waals surface area contributed by atoms with Crippen LogP contribution in [0, 0.1) is 0 Å². The highest BCUT2D eigenvalue weighted by Gasteiger charge is 2.21. The number of amides is 2. The van der Waals surface area contributed by atoms with Crippen molar-refractivity contribution in [1.29, 1.82) is 0 Å². The quantitative estimate of drug-likeness (QED) is 0.755. The molecule has 2 amide bonds. The number of rotatable bonds is 6. The molecule has 2 aromatic rings. The second-order valence-electron chi connectivity index (χ2n) is 7.69. The van der Waals surface area contributed by atoms with Gasteiger partial charge in [0.2, 0.25) is 11.8 Å². The molecule has 0 radical (unpaired) electrons. The van der Waals surface area contributed by atoms with E-state index in [4.69, 9.17) is 0 Å². The van der Waals surface area contributed by atoms with Gasteiger partial charge in [0.1, 0.15) is 0 Å². The Hall–Kier alpha value is -2.45. The van der Waals surface area contributed by atoms with Gasteiger partial charge in [-0.2, -0.15) is 0 Å². The van der Waals surface area contributed by atoms with Gasteiger partial charge >= 0.3 is 0 Å². The van der Waals surface area contributed by atoms with Crippen LogP contribution >= 0.6 is 11.3 Å². The lowest BCUT2D eigenvalue weighted by atomic mass is 10.0. The summed E-state index contributed by atoms with van der Waals surface area (Å²) in [4.78, 5) is 32.9. The fourth-order valence-electron chi connectivity index (χ4n) is 3.42. The van der Waals surface area contributed by atoms with Crippen LogP contribution in [0.1, 0.15) is 44.1 Å². The Morgan fingerprint density at radius 1 is 1.10 bits per heavy atom. The van der Waals surface area contributed by atoms with Gasteiger partial charge in [-0.1, -0.05) is 19.9 Å². The molecular weight excluding hydrogens is 386 g/mol. The monoisotopic (exact) mass is 415 g/mol. The first kappa shape index (κ1) is 21.3. The number of thiazole rings is 1. The lowest BCUT2D eigenvalue weighted by Crippen LogP contribution is -2.46. The third-order valence-corrected chi connectivity index (χ3v) is 5.83. The summed E-state index contributed by atoms with van der Waals surface area (Å²) in [6, 6.07) is 6.31. The van der Waals surface area contributed by atoms with Crippen molar-refractivity contribution >= 4 is 39.7 Å². The van der Waals surface area contributed by atoms with E-state index in [0.29, 0.717) is 11.0 Å². The van der Waals surface area contributed by atoms with Crippen LogP contribution in [0.2, 0.25) is 0 Å². The Morgan fingerprint density at radius 2 is 1.79 bits per heavy atom. The van der Waals surface area contributed by atoms with E-state index in [1.54, 1.807) is 6.92 Å². The molecule has 1 aromatic carbocycles. The lowest BCUT2D eigenvalue weighted by molar-refractivity contribution is -0.115. The largest absolute Gasteiger partial charge is 0.367 e. The van der Waals surface area contributed by atoms with Crippen LogP contribution in [-0.4, -0.2) is 47.9 Å². The van der Waals surface area contributed by atoms with Gasteiger partial charge in [-0.05, 0) is 23.6 Å². The Labute approximate surface area is 176 Å². The van der Waals surface area contributed by atoms with E-state index in [2.05, 4.69) is 51.4 Å². The van der Waals surface area contributed by atoms with Crippen LogP contribution < -0.4 is 15.5 Å². The minimum Gasteiger partial charge on any atom is -0.367 e. The van der Waals surface area contributed by atoms with Crippen molar-refractivity contribution in [1.82, 2.24) is 9.88 Å². The summed E-state index contributed by atoms with van der Waals surface area (Å²) in [5, 5.41) is 6.35. The zero-order chi connectivity index (χ0) is 21.0. The first-order chi connectivity index (χ1) is 13.8. The summed E-state index contributed by atoms with van der Waals surface area (Å²) in [6.45, 7) is 11.9. The maximum absolute atomic E-state index is 11.6. The van der Waals surface area contributed by atoms with Crippen molar-refractivity contribution in [2.45, 2.75) is 40.2 Å². The van der Waals surface area contributed by atoms with E-state index in [1.165, 1.54) is 23.8 Å². The first-order valence-electron chi connectivity index (χ1n) is 9.93. The molecule has 1 aliphatic rings. The first-order valence-corrected chi connectivity index (χ1v) is 10.7. The summed E-state index contributed by atoms with van der Waals surface area (Å²) in [5.74, 6) is 0.283. The van der Waals surface area contributed by atoms with Crippen LogP contribution in [0.15, 0.2) is 24.4 Å². The summed E-state index contributed by atoms with van der Waals surface area (Å²) < 4.78 is 0. The molecule has 29 heavy (non-hydrogen) atoms. The van der Waals surface area contributed by atoms with Crippen molar-refractivity contribution in [3.05, 3.63) is 34.8 Å². The highest BCUT2D eigenvalue weighted by Crippen LogP contribution is 2.31. The van der Waals surface area contributed by atoms with Gasteiger partial charge in [0.25, 0.3) is 0 Å². The van der Waals surface area contributed by atoms with Gasteiger partial charge < -0.3 is 15.5 Å². The summed E-state index contributed by atoms with van der Waals surface area (Å²) in [6.07, 6.45) is 1.84. The molecule has 156 valence electrons. The Balaban J connectivity index is 1.65. The Morgan fingerprint density at radius 3 is 2.41 bits per heavy atom. The van der Waals surface area contributed by atoms with Crippen molar-refractivity contribution in [2.75, 3.05) is 41.7 Å². The van der Waals surface area contributed by atoms with Crippen LogP contribution in [0.5, 0.6) is 0 Å². The minimum atomic E-state index is -0.0990. The zero-order valence-corrected chi connectivity index (χ0v) is 18.3. The third kappa shape index (κ3) is 5.77. The van der Waals surface area contributed by atoms with E-state index in [0.717, 1.165) is 49.0 Å². The molecule has 0 atom stereocenters. The molecule has 1 saturated heterocycles. The maximum Gasteiger partial charge on any atom is 0.223 e. The highest BCUT2D eigenvalue weighted by molar-refractivity contribution is 7.15. The topological polar surface area (TPSA) is 77.6 Å². The van der Waals surface area contributed by atoms with Gasteiger partial charge in [0.15, 0.2) is 5.13 Å². The van der Waals surface area contributed by atoms with Gasteiger partial charge in [0.05, 0.1) is 11.4 Å². The molecule has 3 rings (SSSR count). The molecule has 0 spiro atoms. The molecule has 7 nitrogen and oxygen atoms in total. The van der Waals surface area contributed by atoms with Crippen molar-refractivity contribution < 1.29 is 9.59 Å². The molecule has 1 aromatic heterocycles. The minimum absolute atomic E-state index is 0.0534. The average molecular weight is 416 g/mol. The van der Waals surface area contributed by atoms with E-state index in [-0.39, 0.29) is 11.8 Å². The number of anilines is 3. The number of nitrogens with zero attached hydrogens (tertiary/aromatic N) is 3. The summed E-state index contributed by atoms with van der Waals surface area (Å²) in [7, 11) is 0. The third-order valence-electron chi connectivity index (χ3n) is 4.93. The number of aromatic nitrogens is 1. The number of hydrogen-bond donors (Lipinski definition) is 2. The van der Waals surface area contributed by atoms with Gasteiger partial charge in [-0.15, -0.1) is 11.3 Å². The van der Waals surface area contributed by atoms with Gasteiger partial charge in [0, 0.05) is 57.6 Å². The summed E-state index contributed by atoms with van der Waals surface area (Å²) >= 11 is 1.52. The standard InChI is InChI=1S/C21H29N5O2S/c1-14(2)17-5-6-19(23-15(3)27)20(11-17)26-9-7-25(8-10-26)13-18-12-22-21(29-18)24-16(4)28/h5-6,11-12,14H,7-10,13H2,1-4H3,(H,23,27)(H,22,24,28). The zero-order valence-electron chi connectivity index (χ0n) is 17.5. The highest BCUT2D eigenvalue weighted by atomic mass is 32.1. The number of benzene rings is 1. The van der Waals surface area contributed by atoms with Crippen LogP contribution in [0.3, 0.4) is 0 Å². The van der Waals surface area contributed by atoms with E-state index in [1.807, 2.05) is 12.3 Å². The molecule has 0 aliphatic carbocycles.